The Morgan fingerprint density at radius 3 is 2.05 bits per heavy atom. The number of aliphatic imine (C=N–C) groups is 1. The SMILES string of the molecule is C1=C\Cc2ccc3c4ccccc4n(C4=NC(c5ccccc5)NC(c5cccc6c5oc5ccccc56)N4)c3c2C(c2ccccc2)(c2ccccc2)C\C=C/1. The molecule has 11 rings (SSSR count). The number of nitrogens with zero attached hydrogens (tertiary/aromatic N) is 2. The summed E-state index contributed by atoms with van der Waals surface area (Å²) in [6.07, 6.45) is 9.95. The second-order valence-corrected chi connectivity index (χ2v) is 15.1. The van der Waals surface area contributed by atoms with Crippen molar-refractivity contribution in [3.05, 3.63) is 228 Å². The monoisotopic (exact) mass is 736 g/mol. The Morgan fingerprint density at radius 2 is 1.26 bits per heavy atom. The third kappa shape index (κ3) is 5.38. The number of para-hydroxylation sites is 3. The molecule has 0 spiro atoms. The molecule has 0 bridgehead atoms. The Morgan fingerprint density at radius 1 is 0.596 bits per heavy atom. The highest BCUT2D eigenvalue weighted by atomic mass is 16.3. The van der Waals surface area contributed by atoms with Crippen molar-refractivity contribution in [2.45, 2.75) is 30.6 Å². The van der Waals surface area contributed by atoms with Crippen LogP contribution in [0.5, 0.6) is 0 Å². The van der Waals surface area contributed by atoms with E-state index in [1.807, 2.05) is 12.1 Å². The average Bonchev–Trinajstić information content (AvgIpc) is 3.85. The summed E-state index contributed by atoms with van der Waals surface area (Å²) < 4.78 is 9.06. The zero-order valence-electron chi connectivity index (χ0n) is 31.3. The maximum atomic E-state index is 6.64. The summed E-state index contributed by atoms with van der Waals surface area (Å²) in [5, 5.41) is 12.4. The van der Waals surface area contributed by atoms with Crippen molar-refractivity contribution in [3.8, 4) is 0 Å². The van der Waals surface area contributed by atoms with Gasteiger partial charge in [-0.25, -0.2) is 4.99 Å². The molecule has 0 saturated heterocycles. The van der Waals surface area contributed by atoms with Gasteiger partial charge in [-0.05, 0) is 52.8 Å². The second-order valence-electron chi connectivity index (χ2n) is 15.1. The molecule has 274 valence electrons. The molecule has 0 radical (unpaired) electrons. The van der Waals surface area contributed by atoms with Gasteiger partial charge in [-0.3, -0.25) is 9.88 Å². The van der Waals surface area contributed by atoms with Crippen molar-refractivity contribution in [3.63, 3.8) is 0 Å². The fourth-order valence-corrected chi connectivity index (χ4v) is 9.42. The number of benzene rings is 7. The zero-order valence-corrected chi connectivity index (χ0v) is 31.3. The summed E-state index contributed by atoms with van der Waals surface area (Å²) in [7, 11) is 0. The predicted octanol–water partition coefficient (Wildman–Crippen LogP) is 11.9. The molecule has 2 N–H and O–H groups in total. The lowest BCUT2D eigenvalue weighted by molar-refractivity contribution is 0.402. The Kier molecular flexibility index (Phi) is 8.00. The van der Waals surface area contributed by atoms with Gasteiger partial charge in [0.1, 0.15) is 23.5 Å². The lowest BCUT2D eigenvalue weighted by Gasteiger charge is -2.38. The molecular weight excluding hydrogens is 697 g/mol. The van der Waals surface area contributed by atoms with Crippen LogP contribution >= 0.6 is 0 Å². The average molecular weight is 737 g/mol. The van der Waals surface area contributed by atoms with Crippen LogP contribution < -0.4 is 10.6 Å². The van der Waals surface area contributed by atoms with Crippen molar-refractivity contribution in [1.29, 1.82) is 0 Å². The first-order valence-corrected chi connectivity index (χ1v) is 19.8. The van der Waals surface area contributed by atoms with Crippen LogP contribution in [0.1, 0.15) is 52.1 Å². The summed E-state index contributed by atoms with van der Waals surface area (Å²) in [4.78, 5) is 5.59. The molecule has 1 aliphatic carbocycles. The predicted molar refractivity (Wildman–Crippen MR) is 234 cm³/mol. The third-order valence-corrected chi connectivity index (χ3v) is 12.0. The molecule has 9 aromatic rings. The van der Waals surface area contributed by atoms with Gasteiger partial charge in [0.2, 0.25) is 5.96 Å². The maximum Gasteiger partial charge on any atom is 0.206 e. The summed E-state index contributed by atoms with van der Waals surface area (Å²) in [5.41, 5.74) is 10.7. The van der Waals surface area contributed by atoms with Gasteiger partial charge in [0.05, 0.1) is 16.4 Å². The Labute approximate surface area is 331 Å². The molecule has 5 heteroatoms. The molecule has 2 aliphatic rings. The van der Waals surface area contributed by atoms with E-state index in [1.165, 1.54) is 33.0 Å². The standard InChI is InChI=1S/C52H40N4O/c1-2-17-34-52(37-22-9-4-10-23-37,38-24-11-5-12-25-38)46-35(19-6-1)32-33-41-39-26-13-15-30-44(39)56(47(41)46)51-54-49(36-20-7-3-8-21-36)53-50(55-51)43-29-18-28-42-40-27-14-16-31-45(40)57-48(42)43/h1-18,20-33,49-50,53H,19,34H2,(H,54,55)/b6-1-,17-2-. The number of aromatic nitrogens is 1. The van der Waals surface area contributed by atoms with Gasteiger partial charge < -0.3 is 9.73 Å². The lowest BCUT2D eigenvalue weighted by atomic mass is 9.65. The van der Waals surface area contributed by atoms with Crippen LogP contribution in [0, 0.1) is 0 Å². The van der Waals surface area contributed by atoms with Crippen LogP contribution in [0.4, 0.5) is 0 Å². The van der Waals surface area contributed by atoms with Crippen LogP contribution in [-0.4, -0.2) is 10.5 Å². The van der Waals surface area contributed by atoms with Crippen LogP contribution in [0.3, 0.4) is 0 Å². The number of fused-ring (bicyclic) bond motifs is 8. The van der Waals surface area contributed by atoms with E-state index in [0.29, 0.717) is 0 Å². The van der Waals surface area contributed by atoms with E-state index in [-0.39, 0.29) is 12.3 Å². The minimum atomic E-state index is -0.516. The molecule has 0 fully saturated rings. The van der Waals surface area contributed by atoms with E-state index in [2.05, 4.69) is 197 Å². The number of nitrogens with one attached hydrogen (secondary N) is 2. The van der Waals surface area contributed by atoms with E-state index < -0.39 is 5.41 Å². The minimum Gasteiger partial charge on any atom is -0.456 e. The summed E-state index contributed by atoms with van der Waals surface area (Å²) in [5.74, 6) is 0.779. The normalized spacial score (nSPS) is 19.0. The fourth-order valence-electron chi connectivity index (χ4n) is 9.42. The largest absolute Gasteiger partial charge is 0.456 e. The van der Waals surface area contributed by atoms with E-state index in [4.69, 9.17) is 9.41 Å². The highest BCUT2D eigenvalue weighted by molar-refractivity contribution is 6.16. The van der Waals surface area contributed by atoms with Crippen molar-refractivity contribution < 1.29 is 4.42 Å². The van der Waals surface area contributed by atoms with Crippen molar-refractivity contribution in [2.24, 2.45) is 4.99 Å². The van der Waals surface area contributed by atoms with Crippen LogP contribution in [0.15, 0.2) is 204 Å². The molecule has 57 heavy (non-hydrogen) atoms. The number of hydrogen-bond acceptors (Lipinski definition) is 4. The minimum absolute atomic E-state index is 0.323. The Hall–Kier alpha value is -6.95. The summed E-state index contributed by atoms with van der Waals surface area (Å²) in [6, 6.07) is 60.9. The van der Waals surface area contributed by atoms with Gasteiger partial charge in [0.25, 0.3) is 0 Å². The molecule has 1 aliphatic heterocycles. The highest BCUT2D eigenvalue weighted by Crippen LogP contribution is 2.49. The first kappa shape index (κ1) is 33.4. The van der Waals surface area contributed by atoms with E-state index >= 15 is 0 Å². The number of rotatable bonds is 4. The van der Waals surface area contributed by atoms with Crippen molar-refractivity contribution in [2.75, 3.05) is 0 Å². The van der Waals surface area contributed by atoms with Gasteiger partial charge in [-0.15, -0.1) is 0 Å². The van der Waals surface area contributed by atoms with Crippen LogP contribution in [0.2, 0.25) is 0 Å². The Balaban J connectivity index is 1.23. The van der Waals surface area contributed by atoms with Gasteiger partial charge in [-0.1, -0.05) is 182 Å². The van der Waals surface area contributed by atoms with Gasteiger partial charge in [-0.2, -0.15) is 0 Å². The quantitative estimate of drug-likeness (QED) is 0.189. The van der Waals surface area contributed by atoms with Gasteiger partial charge >= 0.3 is 0 Å². The summed E-state index contributed by atoms with van der Waals surface area (Å²) in [6.45, 7) is 0. The first-order chi connectivity index (χ1) is 28.3. The molecule has 0 saturated carbocycles. The van der Waals surface area contributed by atoms with Gasteiger partial charge in [0, 0.05) is 27.1 Å². The lowest BCUT2D eigenvalue weighted by Crippen LogP contribution is -2.47. The molecular formula is C52H40N4O. The molecule has 7 aromatic carbocycles. The molecule has 3 heterocycles. The van der Waals surface area contributed by atoms with E-state index in [1.54, 1.807) is 0 Å². The maximum absolute atomic E-state index is 6.64. The highest BCUT2D eigenvalue weighted by Gasteiger charge is 2.41. The zero-order chi connectivity index (χ0) is 37.8. The first-order valence-electron chi connectivity index (χ1n) is 19.8. The third-order valence-electron chi connectivity index (χ3n) is 12.0. The second kappa shape index (κ2) is 13.7. The molecule has 5 nitrogen and oxygen atoms in total. The molecule has 2 aromatic heterocycles. The fraction of sp³-hybridized carbons (Fsp3) is 0.0962. The summed E-state index contributed by atoms with van der Waals surface area (Å²) >= 11 is 0. The van der Waals surface area contributed by atoms with Crippen LogP contribution in [0.25, 0.3) is 43.7 Å². The topological polar surface area (TPSA) is 54.5 Å². The molecule has 0 amide bonds. The number of furan rings is 1. The molecule has 2 atom stereocenters. The van der Waals surface area contributed by atoms with E-state index in [0.717, 1.165) is 62.9 Å². The Bertz CT molecular complexity index is 2990. The van der Waals surface area contributed by atoms with Crippen molar-refractivity contribution in [1.82, 2.24) is 15.2 Å². The van der Waals surface area contributed by atoms with Crippen LogP contribution in [-0.2, 0) is 11.8 Å². The number of hydrogen-bond donors (Lipinski definition) is 2. The molecule has 2 unspecified atom stereocenters. The van der Waals surface area contributed by atoms with Crippen molar-refractivity contribution >= 4 is 49.7 Å². The smallest absolute Gasteiger partial charge is 0.206 e. The van der Waals surface area contributed by atoms with E-state index in [9.17, 15) is 0 Å². The van der Waals surface area contributed by atoms with Gasteiger partial charge in [0.15, 0.2) is 0 Å². The number of allylic oxidation sites excluding steroid dienone is 4.